The molecular weight excluding hydrogens is 402 g/mol. The number of hydrogen-bond acceptors (Lipinski definition) is 7. The SMILES string of the molecule is CC(C)(C)OC(=O)N1CC(CO)C1.CC(C)(C)OC(=O)N1CCC(CC(N)CO)CC1. The van der Waals surface area contributed by atoms with Crippen molar-refractivity contribution in [2.75, 3.05) is 39.4 Å². The normalized spacial score (nSPS) is 19.1. The van der Waals surface area contributed by atoms with E-state index >= 15 is 0 Å². The molecule has 9 nitrogen and oxygen atoms in total. The van der Waals surface area contributed by atoms with Crippen molar-refractivity contribution in [1.29, 1.82) is 0 Å². The zero-order valence-corrected chi connectivity index (χ0v) is 20.1. The summed E-state index contributed by atoms with van der Waals surface area (Å²) in [4.78, 5) is 26.5. The highest BCUT2D eigenvalue weighted by Gasteiger charge is 2.33. The van der Waals surface area contributed by atoms with Crippen molar-refractivity contribution in [3.8, 4) is 0 Å². The monoisotopic (exact) mass is 445 g/mol. The minimum absolute atomic E-state index is 0.0340. The summed E-state index contributed by atoms with van der Waals surface area (Å²) in [6.45, 7) is 14.0. The molecule has 2 saturated heterocycles. The van der Waals surface area contributed by atoms with Gasteiger partial charge in [0.15, 0.2) is 0 Å². The Kier molecular flexibility index (Phi) is 10.5. The first-order valence-corrected chi connectivity index (χ1v) is 11.2. The lowest BCUT2D eigenvalue weighted by Crippen LogP contribution is -2.52. The average Bonchev–Trinajstić information content (AvgIpc) is 2.59. The predicted octanol–water partition coefficient (Wildman–Crippen LogP) is 2.19. The van der Waals surface area contributed by atoms with Crippen LogP contribution in [0.2, 0.25) is 0 Å². The maximum absolute atomic E-state index is 11.8. The van der Waals surface area contributed by atoms with Crippen LogP contribution in [0.15, 0.2) is 0 Å². The van der Waals surface area contributed by atoms with E-state index in [0.717, 1.165) is 32.4 Å². The van der Waals surface area contributed by atoms with Gasteiger partial charge in [0.1, 0.15) is 11.2 Å². The third kappa shape index (κ3) is 11.0. The second-order valence-corrected chi connectivity index (χ2v) is 10.5. The number of aliphatic hydroxyl groups excluding tert-OH is 2. The fourth-order valence-electron chi connectivity index (χ4n) is 3.34. The molecule has 2 aliphatic rings. The van der Waals surface area contributed by atoms with Crippen LogP contribution in [0.4, 0.5) is 9.59 Å². The average molecular weight is 446 g/mol. The second kappa shape index (κ2) is 11.9. The Bertz CT molecular complexity index is 559. The molecule has 31 heavy (non-hydrogen) atoms. The largest absolute Gasteiger partial charge is 0.444 e. The molecule has 2 fully saturated rings. The van der Waals surface area contributed by atoms with E-state index in [-0.39, 0.29) is 37.4 Å². The van der Waals surface area contributed by atoms with Crippen molar-refractivity contribution in [3.63, 3.8) is 0 Å². The molecule has 0 bridgehead atoms. The number of amides is 2. The van der Waals surface area contributed by atoms with E-state index in [0.29, 0.717) is 19.0 Å². The maximum atomic E-state index is 11.8. The molecule has 0 spiro atoms. The molecule has 1 unspecified atom stereocenters. The number of aliphatic hydroxyl groups is 2. The van der Waals surface area contributed by atoms with Gasteiger partial charge in [-0.2, -0.15) is 0 Å². The van der Waals surface area contributed by atoms with Crippen LogP contribution in [0.5, 0.6) is 0 Å². The standard InChI is InChI=1S/C13H26N2O3.C9H17NO3/c1-13(2,3)18-12(17)15-6-4-10(5-7-15)8-11(14)9-16;1-9(2,3)13-8(12)10-4-7(5-10)6-11/h10-11,16H,4-9,14H2,1-3H3;7,11H,4-6H2,1-3H3. The van der Waals surface area contributed by atoms with Gasteiger partial charge in [-0.25, -0.2) is 9.59 Å². The summed E-state index contributed by atoms with van der Waals surface area (Å²) in [5.41, 5.74) is 4.86. The zero-order valence-electron chi connectivity index (χ0n) is 20.1. The molecule has 0 radical (unpaired) electrons. The number of likely N-dealkylation sites (tertiary alicyclic amines) is 2. The van der Waals surface area contributed by atoms with Gasteiger partial charge in [0.05, 0.1) is 6.61 Å². The predicted molar refractivity (Wildman–Crippen MR) is 119 cm³/mol. The van der Waals surface area contributed by atoms with Gasteiger partial charge in [-0.15, -0.1) is 0 Å². The number of ether oxygens (including phenoxy) is 2. The highest BCUT2D eigenvalue weighted by molar-refractivity contribution is 5.69. The molecule has 0 aliphatic carbocycles. The van der Waals surface area contributed by atoms with Gasteiger partial charge >= 0.3 is 12.2 Å². The van der Waals surface area contributed by atoms with Crippen molar-refractivity contribution in [3.05, 3.63) is 0 Å². The van der Waals surface area contributed by atoms with Gasteiger partial charge in [0, 0.05) is 44.7 Å². The fourth-order valence-corrected chi connectivity index (χ4v) is 3.34. The van der Waals surface area contributed by atoms with Crippen molar-refractivity contribution in [2.24, 2.45) is 17.6 Å². The Morgan fingerprint density at radius 2 is 1.35 bits per heavy atom. The van der Waals surface area contributed by atoms with Crippen LogP contribution in [-0.2, 0) is 9.47 Å². The number of carbonyl (C=O) groups excluding carboxylic acids is 2. The molecular formula is C22H43N3O6. The van der Waals surface area contributed by atoms with E-state index in [9.17, 15) is 9.59 Å². The summed E-state index contributed by atoms with van der Waals surface area (Å²) in [5.74, 6) is 0.748. The number of carbonyl (C=O) groups is 2. The van der Waals surface area contributed by atoms with Crippen molar-refractivity contribution in [2.45, 2.75) is 78.0 Å². The maximum Gasteiger partial charge on any atom is 0.410 e. The Morgan fingerprint density at radius 1 is 0.903 bits per heavy atom. The Hall–Kier alpha value is -1.58. The smallest absolute Gasteiger partial charge is 0.410 e. The first-order chi connectivity index (χ1) is 14.2. The molecule has 2 aliphatic heterocycles. The van der Waals surface area contributed by atoms with Crippen LogP contribution in [0, 0.1) is 11.8 Å². The van der Waals surface area contributed by atoms with Gasteiger partial charge in [-0.1, -0.05) is 0 Å². The molecule has 9 heteroatoms. The van der Waals surface area contributed by atoms with E-state index in [1.807, 2.05) is 41.5 Å². The highest BCUT2D eigenvalue weighted by Crippen LogP contribution is 2.23. The number of piperidine rings is 1. The number of nitrogens with zero attached hydrogens (tertiary/aromatic N) is 2. The number of nitrogens with two attached hydrogens (primary N) is 1. The first-order valence-electron chi connectivity index (χ1n) is 11.2. The summed E-state index contributed by atoms with van der Waals surface area (Å²) in [6, 6.07) is -0.136. The van der Waals surface area contributed by atoms with Crippen molar-refractivity contribution < 1.29 is 29.3 Å². The van der Waals surface area contributed by atoms with Crippen LogP contribution in [-0.4, -0.2) is 88.8 Å². The Balaban J connectivity index is 0.000000327. The summed E-state index contributed by atoms with van der Waals surface area (Å²) in [6.07, 6.45) is 2.20. The molecule has 2 amide bonds. The topological polar surface area (TPSA) is 126 Å². The van der Waals surface area contributed by atoms with E-state index in [2.05, 4.69) is 0 Å². The minimum atomic E-state index is -0.437. The summed E-state index contributed by atoms with van der Waals surface area (Å²) >= 11 is 0. The molecule has 4 N–H and O–H groups in total. The van der Waals surface area contributed by atoms with Crippen LogP contribution in [0.1, 0.15) is 60.8 Å². The third-order valence-electron chi connectivity index (χ3n) is 5.00. The van der Waals surface area contributed by atoms with Crippen molar-refractivity contribution in [1.82, 2.24) is 9.80 Å². The Morgan fingerprint density at radius 3 is 1.74 bits per heavy atom. The highest BCUT2D eigenvalue weighted by atomic mass is 16.6. The van der Waals surface area contributed by atoms with Crippen LogP contribution >= 0.6 is 0 Å². The Labute approximate surface area is 186 Å². The molecule has 0 aromatic carbocycles. The van der Waals surface area contributed by atoms with E-state index < -0.39 is 11.2 Å². The third-order valence-corrected chi connectivity index (χ3v) is 5.00. The lowest BCUT2D eigenvalue weighted by molar-refractivity contribution is -0.00975. The number of hydrogen-bond donors (Lipinski definition) is 3. The molecule has 2 heterocycles. The quantitative estimate of drug-likeness (QED) is 0.605. The molecule has 0 saturated carbocycles. The van der Waals surface area contributed by atoms with Gasteiger partial charge in [0.25, 0.3) is 0 Å². The summed E-state index contributed by atoms with van der Waals surface area (Å²) in [7, 11) is 0. The molecule has 1 atom stereocenters. The number of rotatable bonds is 4. The fraction of sp³-hybridized carbons (Fsp3) is 0.909. The van der Waals surface area contributed by atoms with Crippen LogP contribution < -0.4 is 5.73 Å². The molecule has 182 valence electrons. The van der Waals surface area contributed by atoms with E-state index in [1.54, 1.807) is 9.80 Å². The van der Waals surface area contributed by atoms with Gasteiger partial charge in [0.2, 0.25) is 0 Å². The lowest BCUT2D eigenvalue weighted by atomic mass is 9.91. The molecule has 2 rings (SSSR count). The second-order valence-electron chi connectivity index (χ2n) is 10.5. The zero-order chi connectivity index (χ0) is 23.8. The van der Waals surface area contributed by atoms with Crippen LogP contribution in [0.25, 0.3) is 0 Å². The van der Waals surface area contributed by atoms with E-state index in [4.69, 9.17) is 25.4 Å². The minimum Gasteiger partial charge on any atom is -0.444 e. The van der Waals surface area contributed by atoms with Gasteiger partial charge < -0.3 is 35.2 Å². The molecule has 0 aromatic rings. The van der Waals surface area contributed by atoms with Gasteiger partial charge in [-0.3, -0.25) is 0 Å². The van der Waals surface area contributed by atoms with Crippen LogP contribution in [0.3, 0.4) is 0 Å². The summed E-state index contributed by atoms with van der Waals surface area (Å²) in [5, 5.41) is 17.7. The van der Waals surface area contributed by atoms with Gasteiger partial charge in [-0.05, 0) is 66.7 Å². The summed E-state index contributed by atoms with van der Waals surface area (Å²) < 4.78 is 10.5. The molecule has 0 aromatic heterocycles. The first kappa shape index (κ1) is 27.5. The van der Waals surface area contributed by atoms with E-state index in [1.165, 1.54) is 0 Å². The lowest BCUT2D eigenvalue weighted by Gasteiger charge is -2.38. The van der Waals surface area contributed by atoms with Crippen molar-refractivity contribution >= 4 is 12.2 Å².